The van der Waals surface area contributed by atoms with Crippen molar-refractivity contribution in [3.8, 4) is 0 Å². The molecule has 0 radical (unpaired) electrons. The van der Waals surface area contributed by atoms with Crippen LogP contribution in [0.5, 0.6) is 0 Å². The van der Waals surface area contributed by atoms with E-state index in [1.54, 1.807) is 4.90 Å². The fourth-order valence-electron chi connectivity index (χ4n) is 4.80. The fourth-order valence-corrected chi connectivity index (χ4v) is 5.79. The quantitative estimate of drug-likeness (QED) is 0.269. The highest BCUT2D eigenvalue weighted by Gasteiger charge is 2.24. The lowest BCUT2D eigenvalue weighted by molar-refractivity contribution is -0.117. The second-order valence-electron chi connectivity index (χ2n) is 8.99. The van der Waals surface area contributed by atoms with Gasteiger partial charge in [0.15, 0.2) is 10.8 Å². The van der Waals surface area contributed by atoms with Crippen molar-refractivity contribution in [2.75, 3.05) is 4.90 Å². The summed E-state index contributed by atoms with van der Waals surface area (Å²) in [5, 5.41) is 6.49. The summed E-state index contributed by atoms with van der Waals surface area (Å²) in [7, 11) is 0. The summed E-state index contributed by atoms with van der Waals surface area (Å²) in [4.78, 5) is 25.3. The molecule has 6 nitrogen and oxygen atoms in total. The van der Waals surface area contributed by atoms with E-state index >= 15 is 0 Å². The van der Waals surface area contributed by atoms with E-state index in [-0.39, 0.29) is 5.91 Å². The van der Waals surface area contributed by atoms with Crippen LogP contribution in [0.3, 0.4) is 0 Å². The molecule has 6 rings (SSSR count). The molecule has 3 aromatic heterocycles. The number of thiazole rings is 1. The Morgan fingerprint density at radius 3 is 2.42 bits per heavy atom. The van der Waals surface area contributed by atoms with Gasteiger partial charge >= 0.3 is 0 Å². The monoisotopic (exact) mass is 491 g/mol. The number of carbonyl (C=O) groups is 1. The van der Waals surface area contributed by atoms with Crippen LogP contribution in [0.25, 0.3) is 26.8 Å². The minimum Gasteiger partial charge on any atom is -0.274 e. The number of nitrogens with zero attached hydrogens (tertiary/aromatic N) is 5. The number of carbonyl (C=O) groups excluding carboxylic acids is 1. The van der Waals surface area contributed by atoms with Crippen LogP contribution in [0.4, 0.5) is 10.8 Å². The molecule has 0 fully saturated rings. The minimum absolute atomic E-state index is 0.00730. The van der Waals surface area contributed by atoms with Gasteiger partial charge in [0.1, 0.15) is 0 Å². The van der Waals surface area contributed by atoms with Gasteiger partial charge in [-0.3, -0.25) is 9.69 Å². The summed E-state index contributed by atoms with van der Waals surface area (Å²) in [5.74, 6) is 0.00730. The van der Waals surface area contributed by atoms with Crippen molar-refractivity contribution in [1.82, 2.24) is 19.6 Å². The number of aryl methyl sites for hydroxylation is 3. The molecule has 0 spiro atoms. The molecule has 1 amide bonds. The van der Waals surface area contributed by atoms with Crippen LogP contribution in [0.15, 0.2) is 72.8 Å². The molecule has 36 heavy (non-hydrogen) atoms. The Balaban J connectivity index is 1.37. The van der Waals surface area contributed by atoms with E-state index < -0.39 is 0 Å². The lowest BCUT2D eigenvalue weighted by atomic mass is 10.1. The average molecular weight is 492 g/mol. The zero-order valence-electron chi connectivity index (χ0n) is 20.4. The van der Waals surface area contributed by atoms with Crippen molar-refractivity contribution >= 4 is 54.8 Å². The third-order valence-corrected chi connectivity index (χ3v) is 7.71. The van der Waals surface area contributed by atoms with Gasteiger partial charge in [0, 0.05) is 23.2 Å². The van der Waals surface area contributed by atoms with Crippen LogP contribution in [0.1, 0.15) is 28.9 Å². The van der Waals surface area contributed by atoms with E-state index in [0.717, 1.165) is 55.0 Å². The number of anilines is 2. The number of hydrogen-bond donors (Lipinski definition) is 0. The van der Waals surface area contributed by atoms with Gasteiger partial charge in [0.25, 0.3) is 0 Å². The molecule has 6 aromatic rings. The summed E-state index contributed by atoms with van der Waals surface area (Å²) < 4.78 is 2.97. The Hall–Kier alpha value is -4.10. The number of para-hydroxylation sites is 2. The normalized spacial score (nSPS) is 11.5. The van der Waals surface area contributed by atoms with Crippen LogP contribution < -0.4 is 4.90 Å². The highest BCUT2D eigenvalue weighted by atomic mass is 32.1. The molecule has 0 bridgehead atoms. The highest BCUT2D eigenvalue weighted by Crippen LogP contribution is 2.35. The molecule has 7 heteroatoms. The second-order valence-corrected chi connectivity index (χ2v) is 10.0. The maximum absolute atomic E-state index is 13.8. The minimum atomic E-state index is 0.00730. The standard InChI is InChI=1S/C29H25N5OS/c1-18-10-4-8-14-25(18)33(29-31-24-13-7-9-15-26(24)36-29)27(35)17-16-21-19(2)30-28-22-11-5-6-12-23(22)32-34(28)20(21)3/h4-15H,16-17H2,1-3H3. The lowest BCUT2D eigenvalue weighted by Crippen LogP contribution is -2.27. The molecule has 0 aliphatic carbocycles. The zero-order valence-corrected chi connectivity index (χ0v) is 21.2. The number of amides is 1. The summed E-state index contributed by atoms with van der Waals surface area (Å²) in [5.41, 5.74) is 7.57. The molecule has 3 heterocycles. The first-order valence-corrected chi connectivity index (χ1v) is 12.8. The molecule has 0 unspecified atom stereocenters. The maximum atomic E-state index is 13.8. The zero-order chi connectivity index (χ0) is 24.8. The van der Waals surface area contributed by atoms with Crippen LogP contribution in [-0.2, 0) is 11.2 Å². The maximum Gasteiger partial charge on any atom is 0.233 e. The summed E-state index contributed by atoms with van der Waals surface area (Å²) in [6, 6.07) is 24.0. The van der Waals surface area contributed by atoms with Crippen molar-refractivity contribution in [2.24, 2.45) is 0 Å². The van der Waals surface area contributed by atoms with Gasteiger partial charge in [-0.2, -0.15) is 5.10 Å². The molecule has 0 aliphatic heterocycles. The van der Waals surface area contributed by atoms with Crippen LogP contribution in [-0.4, -0.2) is 25.5 Å². The Bertz CT molecular complexity index is 1730. The van der Waals surface area contributed by atoms with Crippen LogP contribution >= 0.6 is 11.3 Å². The van der Waals surface area contributed by atoms with E-state index in [1.807, 2.05) is 91.2 Å². The topological polar surface area (TPSA) is 63.4 Å². The molecular formula is C29H25N5OS. The Morgan fingerprint density at radius 1 is 0.889 bits per heavy atom. The van der Waals surface area contributed by atoms with Crippen molar-refractivity contribution in [3.63, 3.8) is 0 Å². The molecule has 0 aliphatic rings. The molecule has 0 N–H and O–H groups in total. The molecule has 0 saturated heterocycles. The van der Waals surface area contributed by atoms with Gasteiger partial charge in [-0.1, -0.05) is 53.8 Å². The van der Waals surface area contributed by atoms with Crippen molar-refractivity contribution in [2.45, 2.75) is 33.6 Å². The van der Waals surface area contributed by atoms with Gasteiger partial charge in [0.2, 0.25) is 5.91 Å². The Morgan fingerprint density at radius 2 is 1.61 bits per heavy atom. The van der Waals surface area contributed by atoms with Crippen LogP contribution in [0, 0.1) is 20.8 Å². The summed E-state index contributed by atoms with van der Waals surface area (Å²) in [6.45, 7) is 6.10. The first-order valence-electron chi connectivity index (χ1n) is 12.0. The van der Waals surface area contributed by atoms with E-state index in [0.29, 0.717) is 18.0 Å². The first-order chi connectivity index (χ1) is 17.5. The van der Waals surface area contributed by atoms with Gasteiger partial charge in [-0.05, 0) is 68.7 Å². The largest absolute Gasteiger partial charge is 0.274 e. The third kappa shape index (κ3) is 3.72. The van der Waals surface area contributed by atoms with E-state index in [9.17, 15) is 4.79 Å². The molecular weight excluding hydrogens is 466 g/mol. The second kappa shape index (κ2) is 8.84. The number of aromatic nitrogens is 4. The van der Waals surface area contributed by atoms with Crippen molar-refractivity contribution < 1.29 is 4.79 Å². The third-order valence-electron chi connectivity index (χ3n) is 6.69. The predicted octanol–water partition coefficient (Wildman–Crippen LogP) is 6.71. The van der Waals surface area contributed by atoms with Crippen LogP contribution in [0.2, 0.25) is 0 Å². The van der Waals surface area contributed by atoms with Gasteiger partial charge < -0.3 is 0 Å². The number of fused-ring (bicyclic) bond motifs is 4. The smallest absolute Gasteiger partial charge is 0.233 e. The van der Waals surface area contributed by atoms with E-state index in [1.165, 1.54) is 11.3 Å². The summed E-state index contributed by atoms with van der Waals surface area (Å²) in [6.07, 6.45) is 0.906. The average Bonchev–Trinajstić information content (AvgIpc) is 3.47. The molecule has 0 saturated carbocycles. The predicted molar refractivity (Wildman–Crippen MR) is 146 cm³/mol. The lowest BCUT2D eigenvalue weighted by Gasteiger charge is -2.22. The Kier molecular flexibility index (Phi) is 5.49. The molecule has 3 aromatic carbocycles. The Labute approximate surface area is 212 Å². The van der Waals surface area contributed by atoms with Gasteiger partial charge in [-0.15, -0.1) is 0 Å². The molecule has 0 atom stereocenters. The van der Waals surface area contributed by atoms with Gasteiger partial charge in [0.05, 0.1) is 21.4 Å². The highest BCUT2D eigenvalue weighted by molar-refractivity contribution is 7.22. The van der Waals surface area contributed by atoms with E-state index in [2.05, 4.69) is 6.92 Å². The summed E-state index contributed by atoms with van der Waals surface area (Å²) >= 11 is 1.54. The fraction of sp³-hybridized carbons (Fsp3) is 0.172. The SMILES string of the molecule is Cc1ccccc1N(C(=O)CCc1c(C)nc2c3ccccc3nn2c1C)c1nc2ccccc2s1. The molecule has 178 valence electrons. The number of hydrogen-bond acceptors (Lipinski definition) is 5. The first kappa shape index (κ1) is 22.4. The van der Waals surface area contributed by atoms with E-state index in [4.69, 9.17) is 15.1 Å². The van der Waals surface area contributed by atoms with Gasteiger partial charge in [-0.25, -0.2) is 14.5 Å². The number of rotatable bonds is 5. The van der Waals surface area contributed by atoms with Crippen molar-refractivity contribution in [1.29, 1.82) is 0 Å². The van der Waals surface area contributed by atoms with Crippen molar-refractivity contribution in [3.05, 3.63) is 95.3 Å². The number of benzene rings is 3.